The lowest BCUT2D eigenvalue weighted by molar-refractivity contribution is 0.0742. The van der Waals surface area contributed by atoms with E-state index in [2.05, 4.69) is 9.50 Å². The van der Waals surface area contributed by atoms with Crippen LogP contribution in [0, 0.1) is 6.92 Å². The summed E-state index contributed by atoms with van der Waals surface area (Å²) in [6.45, 7) is 1.92. The molecule has 3 aromatic rings. The van der Waals surface area contributed by atoms with Crippen LogP contribution in [-0.4, -0.2) is 18.8 Å². The van der Waals surface area contributed by atoms with Crippen LogP contribution in [0.3, 0.4) is 0 Å². The molecule has 1 heterocycles. The highest BCUT2D eigenvalue weighted by atomic mass is 32.2. The van der Waals surface area contributed by atoms with Gasteiger partial charge in [0.1, 0.15) is 10.8 Å². The Morgan fingerprint density at radius 2 is 1.50 bits per heavy atom. The largest absolute Gasteiger partial charge is 0.411 e. The standard InChI is InChI=1S/C21H19NO3S/c1-15-11-13-17(14-12-15)26(23,24)25-21-20(16-7-3-2-4-8-16)18-9-5-6-10-19(18)22-21/h2-14,20-22H,1H3/p+1. The van der Waals surface area contributed by atoms with Crippen LogP contribution >= 0.6 is 0 Å². The Morgan fingerprint density at radius 1 is 0.846 bits per heavy atom. The number of aryl methyl sites for hydroxylation is 1. The number of nitrogens with one attached hydrogen (secondary N) is 1. The monoisotopic (exact) mass is 366 g/mol. The summed E-state index contributed by atoms with van der Waals surface area (Å²) >= 11 is 0. The highest BCUT2D eigenvalue weighted by Crippen LogP contribution is 2.40. The van der Waals surface area contributed by atoms with Crippen molar-refractivity contribution >= 4 is 15.8 Å². The van der Waals surface area contributed by atoms with Gasteiger partial charge in [0.15, 0.2) is 0 Å². The predicted molar refractivity (Wildman–Crippen MR) is 103 cm³/mol. The van der Waals surface area contributed by atoms with Crippen molar-refractivity contribution in [2.45, 2.75) is 24.0 Å². The normalized spacial score (nSPS) is 19.0. The number of rotatable bonds is 4. The maximum Gasteiger partial charge on any atom is 0.411 e. The summed E-state index contributed by atoms with van der Waals surface area (Å²) in [5.41, 5.74) is 4.04. The topological polar surface area (TPSA) is 59.0 Å². The van der Waals surface area contributed by atoms with Crippen LogP contribution in [0.2, 0.25) is 0 Å². The summed E-state index contributed by atoms with van der Waals surface area (Å²) < 4.78 is 29.9. The molecule has 26 heavy (non-hydrogen) atoms. The lowest BCUT2D eigenvalue weighted by atomic mass is 9.92. The van der Waals surface area contributed by atoms with Gasteiger partial charge in [0.05, 0.1) is 0 Å². The van der Waals surface area contributed by atoms with Crippen LogP contribution in [0.15, 0.2) is 83.8 Å². The van der Waals surface area contributed by atoms with Gasteiger partial charge in [0.25, 0.3) is 6.23 Å². The zero-order valence-corrected chi connectivity index (χ0v) is 15.1. The average Bonchev–Trinajstić information content (AvgIpc) is 3.00. The van der Waals surface area contributed by atoms with Crippen LogP contribution < -0.4 is 5.32 Å². The van der Waals surface area contributed by atoms with E-state index in [-0.39, 0.29) is 10.8 Å². The first-order valence-corrected chi connectivity index (χ1v) is 9.93. The van der Waals surface area contributed by atoms with E-state index in [0.717, 1.165) is 22.4 Å². The third-order valence-corrected chi connectivity index (χ3v) is 6.02. The van der Waals surface area contributed by atoms with E-state index in [1.165, 1.54) is 0 Å². The highest BCUT2D eigenvalue weighted by molar-refractivity contribution is 7.86. The first-order chi connectivity index (χ1) is 12.5. The Bertz CT molecular complexity index is 1010. The zero-order chi connectivity index (χ0) is 18.1. The quantitative estimate of drug-likeness (QED) is 0.434. The molecule has 0 aliphatic carbocycles. The van der Waals surface area contributed by atoms with Gasteiger partial charge in [-0.1, -0.05) is 66.2 Å². The number of anilines is 1. The smallest absolute Gasteiger partial charge is 0.317 e. The molecule has 0 radical (unpaired) electrons. The fourth-order valence-corrected chi connectivity index (χ4v) is 4.42. The molecule has 0 aromatic heterocycles. The van der Waals surface area contributed by atoms with E-state index in [1.807, 2.05) is 61.5 Å². The van der Waals surface area contributed by atoms with Gasteiger partial charge in [0, 0.05) is 5.69 Å². The van der Waals surface area contributed by atoms with E-state index in [4.69, 9.17) is 0 Å². The summed E-state index contributed by atoms with van der Waals surface area (Å²) in [6.07, 6.45) is -0.568. The summed E-state index contributed by atoms with van der Waals surface area (Å²) in [5.74, 6) is -0.146. The molecule has 0 fully saturated rings. The lowest BCUT2D eigenvalue weighted by Crippen LogP contribution is -2.32. The van der Waals surface area contributed by atoms with Gasteiger partial charge < -0.3 is 5.32 Å². The van der Waals surface area contributed by atoms with Crippen molar-refractivity contribution in [1.29, 1.82) is 0 Å². The second-order valence-electron chi connectivity index (χ2n) is 6.46. The second-order valence-corrected chi connectivity index (χ2v) is 8.09. The van der Waals surface area contributed by atoms with Crippen LogP contribution in [0.25, 0.3) is 0 Å². The molecule has 2 atom stereocenters. The fraction of sp³-hybridized carbons (Fsp3) is 0.143. The number of benzene rings is 3. The number of hydrogen-bond acceptors (Lipinski definition) is 3. The Morgan fingerprint density at radius 3 is 2.23 bits per heavy atom. The first-order valence-electron chi connectivity index (χ1n) is 8.49. The molecule has 2 N–H and O–H groups in total. The lowest BCUT2D eigenvalue weighted by Gasteiger charge is -2.17. The third kappa shape index (κ3) is 3.11. The molecule has 0 saturated heterocycles. The van der Waals surface area contributed by atoms with Gasteiger partial charge in [0.2, 0.25) is 0 Å². The van der Waals surface area contributed by atoms with Gasteiger partial charge in [-0.3, -0.25) is 4.18 Å². The molecule has 4 rings (SSSR count). The average molecular weight is 366 g/mol. The van der Waals surface area contributed by atoms with E-state index >= 15 is 0 Å². The van der Waals surface area contributed by atoms with Crippen molar-refractivity contribution in [2.75, 3.05) is 5.32 Å². The van der Waals surface area contributed by atoms with E-state index < -0.39 is 16.3 Å². The Hall–Kier alpha value is -2.63. The summed E-state index contributed by atoms with van der Waals surface area (Å²) in [6, 6.07) is 24.6. The van der Waals surface area contributed by atoms with Gasteiger partial charge in [-0.25, -0.2) is 0 Å². The van der Waals surface area contributed by atoms with Crippen molar-refractivity contribution in [3.8, 4) is 0 Å². The van der Waals surface area contributed by atoms with Crippen LogP contribution in [0.1, 0.15) is 22.6 Å². The summed E-state index contributed by atoms with van der Waals surface area (Å²) in [7, 11) is -3.76. The molecule has 132 valence electrons. The highest BCUT2D eigenvalue weighted by Gasteiger charge is 2.41. The molecule has 1 aliphatic rings. The van der Waals surface area contributed by atoms with Crippen molar-refractivity contribution < 1.29 is 12.6 Å². The Labute approximate surface area is 153 Å². The van der Waals surface area contributed by atoms with Crippen LogP contribution in [0.4, 0.5) is 5.69 Å². The van der Waals surface area contributed by atoms with E-state index in [9.17, 15) is 8.42 Å². The Balaban J connectivity index is 1.70. The fourth-order valence-electron chi connectivity index (χ4n) is 3.34. The summed E-state index contributed by atoms with van der Waals surface area (Å²) in [4.78, 5) is 0.215. The molecule has 5 heteroatoms. The van der Waals surface area contributed by atoms with Gasteiger partial charge in [-0.15, -0.1) is 8.42 Å². The number of para-hydroxylation sites is 1. The van der Waals surface area contributed by atoms with E-state index in [0.29, 0.717) is 0 Å². The maximum absolute atomic E-state index is 12.8. The zero-order valence-electron chi connectivity index (χ0n) is 14.3. The molecular formula is C21H20NO3S+. The molecule has 0 spiro atoms. The van der Waals surface area contributed by atoms with Crippen LogP contribution in [0.5, 0.6) is 0 Å². The third-order valence-electron chi connectivity index (χ3n) is 4.64. The number of aliphatic hydroxyl groups is 1. The van der Waals surface area contributed by atoms with Crippen molar-refractivity contribution in [2.24, 2.45) is 0 Å². The van der Waals surface area contributed by atoms with Crippen LogP contribution in [-0.2, 0) is 10.1 Å². The van der Waals surface area contributed by atoms with Crippen molar-refractivity contribution in [3.63, 3.8) is 0 Å². The van der Waals surface area contributed by atoms with Gasteiger partial charge >= 0.3 is 10.1 Å². The van der Waals surface area contributed by atoms with Crippen molar-refractivity contribution in [3.05, 3.63) is 95.6 Å². The number of fused-ring (bicyclic) bond motifs is 1. The minimum Gasteiger partial charge on any atom is -0.317 e. The maximum atomic E-state index is 12.8. The number of hydrogen-bond donors (Lipinski definition) is 1. The molecule has 0 amide bonds. The molecule has 1 aliphatic heterocycles. The minimum absolute atomic E-state index is 0.146. The first kappa shape index (κ1) is 16.8. The molecule has 4 nitrogen and oxygen atoms in total. The predicted octanol–water partition coefficient (Wildman–Crippen LogP) is 3.80. The second kappa shape index (κ2) is 6.59. The molecular weight excluding hydrogens is 346 g/mol. The molecule has 2 unspecified atom stereocenters. The molecule has 0 saturated carbocycles. The summed E-state index contributed by atoms with van der Waals surface area (Å²) in [5, 5.41) is 3.27. The van der Waals surface area contributed by atoms with E-state index in [1.54, 1.807) is 24.3 Å². The molecule has 3 aromatic carbocycles. The SMILES string of the molecule is Cc1ccc(S(=O)(=O)[OH+]C2Nc3ccccc3C2c2ccccc2)cc1. The molecule has 0 bridgehead atoms. The van der Waals surface area contributed by atoms with Crippen molar-refractivity contribution in [1.82, 2.24) is 0 Å². The Kier molecular flexibility index (Phi) is 4.26. The minimum atomic E-state index is -3.76. The van der Waals surface area contributed by atoms with Gasteiger partial charge in [-0.05, 0) is 36.2 Å². The van der Waals surface area contributed by atoms with Gasteiger partial charge in [-0.2, -0.15) is 0 Å².